The highest BCUT2D eigenvalue weighted by molar-refractivity contribution is 4.88. The number of aliphatic hydroxyl groups is 1. The zero-order valence-corrected chi connectivity index (χ0v) is 13.2. The summed E-state index contributed by atoms with van der Waals surface area (Å²) in [5.41, 5.74) is 0. The van der Waals surface area contributed by atoms with E-state index in [4.69, 9.17) is 9.26 Å². The SMILES string of the molecule is CCOC[C@@H](O)CN1CC[C@@H](N(C)Cc2noc(C)n2)C1. The van der Waals surface area contributed by atoms with Crippen molar-refractivity contribution >= 4 is 0 Å². The Morgan fingerprint density at radius 1 is 1.57 bits per heavy atom. The van der Waals surface area contributed by atoms with Crippen LogP contribution in [-0.2, 0) is 11.3 Å². The summed E-state index contributed by atoms with van der Waals surface area (Å²) in [4.78, 5) is 8.77. The summed E-state index contributed by atoms with van der Waals surface area (Å²) in [6.45, 7) is 8.12. The van der Waals surface area contributed by atoms with Gasteiger partial charge in [0.25, 0.3) is 0 Å². The first-order valence-corrected chi connectivity index (χ1v) is 7.56. The molecule has 1 aliphatic rings. The Morgan fingerprint density at radius 2 is 2.38 bits per heavy atom. The fourth-order valence-corrected chi connectivity index (χ4v) is 2.70. The number of aromatic nitrogens is 2. The van der Waals surface area contributed by atoms with Gasteiger partial charge in [0.15, 0.2) is 5.82 Å². The maximum absolute atomic E-state index is 9.89. The number of hydrogen-bond acceptors (Lipinski definition) is 7. The lowest BCUT2D eigenvalue weighted by atomic mass is 10.2. The third-order valence-corrected chi connectivity index (χ3v) is 3.81. The highest BCUT2D eigenvalue weighted by Gasteiger charge is 2.27. The van der Waals surface area contributed by atoms with Crippen LogP contribution in [-0.4, -0.2) is 77.1 Å². The molecular formula is C14H26N4O3. The molecule has 0 spiro atoms. The van der Waals surface area contributed by atoms with Crippen molar-refractivity contribution in [2.24, 2.45) is 0 Å². The van der Waals surface area contributed by atoms with Gasteiger partial charge in [-0.1, -0.05) is 5.16 Å². The van der Waals surface area contributed by atoms with E-state index in [2.05, 4.69) is 27.0 Å². The lowest BCUT2D eigenvalue weighted by Gasteiger charge is -2.24. The fraction of sp³-hybridized carbons (Fsp3) is 0.857. The molecule has 0 saturated carbocycles. The Bertz CT molecular complexity index is 426. The highest BCUT2D eigenvalue weighted by Crippen LogP contribution is 2.16. The molecule has 1 N–H and O–H groups in total. The minimum absolute atomic E-state index is 0.408. The molecule has 0 bridgehead atoms. The van der Waals surface area contributed by atoms with Crippen molar-refractivity contribution in [3.8, 4) is 0 Å². The van der Waals surface area contributed by atoms with Crippen LogP contribution in [0, 0.1) is 6.92 Å². The standard InChI is InChI=1S/C14H26N4O3/c1-4-20-10-13(19)8-18-6-5-12(7-18)17(3)9-14-15-11(2)21-16-14/h12-13,19H,4-10H2,1-3H3/t12-,13+/m1/s1. The van der Waals surface area contributed by atoms with Crippen molar-refractivity contribution in [1.29, 1.82) is 0 Å². The van der Waals surface area contributed by atoms with Crippen molar-refractivity contribution < 1.29 is 14.4 Å². The van der Waals surface area contributed by atoms with Gasteiger partial charge in [-0.05, 0) is 26.9 Å². The number of aryl methyl sites for hydroxylation is 1. The third kappa shape index (κ3) is 5.03. The zero-order chi connectivity index (χ0) is 15.2. The van der Waals surface area contributed by atoms with Gasteiger partial charge in [0.2, 0.25) is 5.89 Å². The number of likely N-dealkylation sites (N-methyl/N-ethyl adjacent to an activating group) is 1. The van der Waals surface area contributed by atoms with Crippen LogP contribution >= 0.6 is 0 Å². The average Bonchev–Trinajstić information content (AvgIpc) is 3.06. The molecule has 2 heterocycles. The molecule has 7 nitrogen and oxygen atoms in total. The number of nitrogens with zero attached hydrogens (tertiary/aromatic N) is 4. The Balaban J connectivity index is 1.73. The van der Waals surface area contributed by atoms with Gasteiger partial charge < -0.3 is 14.4 Å². The molecule has 2 rings (SSSR count). The molecular weight excluding hydrogens is 272 g/mol. The largest absolute Gasteiger partial charge is 0.389 e. The van der Waals surface area contributed by atoms with E-state index < -0.39 is 6.10 Å². The third-order valence-electron chi connectivity index (χ3n) is 3.81. The van der Waals surface area contributed by atoms with E-state index in [1.165, 1.54) is 0 Å². The number of ether oxygens (including phenoxy) is 1. The quantitative estimate of drug-likeness (QED) is 0.739. The van der Waals surface area contributed by atoms with Gasteiger partial charge in [0.1, 0.15) is 0 Å². The Hall–Kier alpha value is -1.02. The van der Waals surface area contributed by atoms with E-state index in [9.17, 15) is 5.11 Å². The van der Waals surface area contributed by atoms with Crippen LogP contribution in [0.5, 0.6) is 0 Å². The normalized spacial score (nSPS) is 21.3. The minimum atomic E-state index is -0.408. The van der Waals surface area contributed by atoms with Crippen LogP contribution in [0.4, 0.5) is 0 Å². The molecule has 0 aliphatic carbocycles. The first-order valence-electron chi connectivity index (χ1n) is 7.56. The molecule has 0 aromatic carbocycles. The summed E-state index contributed by atoms with van der Waals surface area (Å²) in [5, 5.41) is 13.8. The van der Waals surface area contributed by atoms with Crippen molar-refractivity contribution in [3.05, 3.63) is 11.7 Å². The fourth-order valence-electron chi connectivity index (χ4n) is 2.70. The molecule has 0 radical (unpaired) electrons. The lowest BCUT2D eigenvalue weighted by Crippen LogP contribution is -2.37. The van der Waals surface area contributed by atoms with Gasteiger partial charge in [0, 0.05) is 32.7 Å². The smallest absolute Gasteiger partial charge is 0.223 e. The van der Waals surface area contributed by atoms with Crippen LogP contribution in [0.1, 0.15) is 25.1 Å². The maximum Gasteiger partial charge on any atom is 0.223 e. The second kappa shape index (κ2) is 7.84. The van der Waals surface area contributed by atoms with Gasteiger partial charge in [-0.15, -0.1) is 0 Å². The molecule has 1 fully saturated rings. The molecule has 7 heteroatoms. The number of likely N-dealkylation sites (tertiary alicyclic amines) is 1. The van der Waals surface area contributed by atoms with E-state index in [1.54, 1.807) is 6.92 Å². The second-order valence-electron chi connectivity index (χ2n) is 5.66. The summed E-state index contributed by atoms with van der Waals surface area (Å²) in [5.74, 6) is 1.33. The predicted octanol–water partition coefficient (Wildman–Crippen LogP) is 0.282. The van der Waals surface area contributed by atoms with E-state index in [1.807, 2.05) is 6.92 Å². The van der Waals surface area contributed by atoms with Crippen molar-refractivity contribution in [3.63, 3.8) is 0 Å². The minimum Gasteiger partial charge on any atom is -0.389 e. The first kappa shape index (κ1) is 16.4. The number of β-amino-alcohol motifs (C(OH)–C–C–N with tert-alkyl or cyclic N) is 1. The molecule has 0 amide bonds. The van der Waals surface area contributed by atoms with Crippen LogP contribution in [0.3, 0.4) is 0 Å². The summed E-state index contributed by atoms with van der Waals surface area (Å²) < 4.78 is 10.2. The molecule has 1 aliphatic heterocycles. The molecule has 21 heavy (non-hydrogen) atoms. The number of aliphatic hydroxyl groups excluding tert-OH is 1. The summed E-state index contributed by atoms with van der Waals surface area (Å²) in [6.07, 6.45) is 0.683. The van der Waals surface area contributed by atoms with Crippen LogP contribution < -0.4 is 0 Å². The van der Waals surface area contributed by atoms with Gasteiger partial charge >= 0.3 is 0 Å². The van der Waals surface area contributed by atoms with E-state index in [-0.39, 0.29) is 0 Å². The topological polar surface area (TPSA) is 74.9 Å². The molecule has 2 atom stereocenters. The number of rotatable bonds is 8. The predicted molar refractivity (Wildman–Crippen MR) is 77.8 cm³/mol. The lowest BCUT2D eigenvalue weighted by molar-refractivity contribution is 0.0240. The van der Waals surface area contributed by atoms with Crippen LogP contribution in [0.2, 0.25) is 0 Å². The van der Waals surface area contributed by atoms with Crippen molar-refractivity contribution in [2.75, 3.05) is 39.9 Å². The van der Waals surface area contributed by atoms with Crippen LogP contribution in [0.25, 0.3) is 0 Å². The monoisotopic (exact) mass is 298 g/mol. The summed E-state index contributed by atoms with van der Waals surface area (Å²) in [6, 6.07) is 0.461. The second-order valence-corrected chi connectivity index (χ2v) is 5.66. The van der Waals surface area contributed by atoms with Gasteiger partial charge in [-0.2, -0.15) is 4.98 Å². The zero-order valence-electron chi connectivity index (χ0n) is 13.2. The maximum atomic E-state index is 9.89. The molecule has 0 unspecified atom stereocenters. The van der Waals surface area contributed by atoms with E-state index in [0.29, 0.717) is 38.2 Å². The van der Waals surface area contributed by atoms with E-state index >= 15 is 0 Å². The number of hydrogen-bond donors (Lipinski definition) is 1. The van der Waals surface area contributed by atoms with Crippen molar-refractivity contribution in [2.45, 2.75) is 39.0 Å². The highest BCUT2D eigenvalue weighted by atomic mass is 16.5. The van der Waals surface area contributed by atoms with Crippen LogP contribution in [0.15, 0.2) is 4.52 Å². The Labute approximate surface area is 125 Å². The molecule has 1 saturated heterocycles. The summed E-state index contributed by atoms with van der Waals surface area (Å²) in [7, 11) is 2.08. The molecule has 120 valence electrons. The Kier molecular flexibility index (Phi) is 6.10. The summed E-state index contributed by atoms with van der Waals surface area (Å²) >= 11 is 0. The van der Waals surface area contributed by atoms with Gasteiger partial charge in [-0.25, -0.2) is 0 Å². The Morgan fingerprint density at radius 3 is 3.05 bits per heavy atom. The van der Waals surface area contributed by atoms with Gasteiger partial charge in [0.05, 0.1) is 19.3 Å². The average molecular weight is 298 g/mol. The molecule has 1 aromatic rings. The molecule has 1 aromatic heterocycles. The van der Waals surface area contributed by atoms with Crippen molar-refractivity contribution in [1.82, 2.24) is 19.9 Å². The van der Waals surface area contributed by atoms with Gasteiger partial charge in [-0.3, -0.25) is 9.80 Å². The van der Waals surface area contributed by atoms with E-state index in [0.717, 1.165) is 25.3 Å². The first-order chi connectivity index (χ1) is 10.1.